The molecule has 4 aromatic rings. The van der Waals surface area contributed by atoms with Crippen molar-refractivity contribution in [2.45, 2.75) is 42.9 Å². The molecule has 0 aromatic heterocycles. The third-order valence-electron chi connectivity index (χ3n) is 7.97. The summed E-state index contributed by atoms with van der Waals surface area (Å²) in [4.78, 5) is 0. The molecule has 4 nitrogen and oxygen atoms in total. The number of benzene rings is 4. The Morgan fingerprint density at radius 1 is 0.488 bits per heavy atom. The van der Waals surface area contributed by atoms with Gasteiger partial charge in [-0.05, 0) is 47.2 Å². The summed E-state index contributed by atoms with van der Waals surface area (Å²) in [5.41, 5.74) is -1.61. The second kappa shape index (κ2) is 8.83. The maximum Gasteiger partial charge on any atom is 0.442 e. The van der Waals surface area contributed by atoms with Gasteiger partial charge in [0.15, 0.2) is 0 Å². The summed E-state index contributed by atoms with van der Waals surface area (Å²) in [6.45, 7) is 3.04. The maximum absolute atomic E-state index is 14.6. The van der Waals surface area contributed by atoms with Crippen LogP contribution >= 0.6 is 0 Å². The minimum Gasteiger partial charge on any atom is -0.170 e. The number of hydrogen-bond acceptors (Lipinski definition) is 4. The molecule has 2 heterocycles. The van der Waals surface area contributed by atoms with E-state index >= 15 is 0 Å². The number of nitrogens with zero attached hydrogens (tertiary/aromatic N) is 4. The largest absolute Gasteiger partial charge is 0.442 e. The third-order valence-corrected chi connectivity index (χ3v) is 7.97. The fourth-order valence-corrected chi connectivity index (χ4v) is 4.99. The molecular formula is C31H22F6N4. The number of hydrogen-bond donors (Lipinski definition) is 0. The molecule has 41 heavy (non-hydrogen) atoms. The summed E-state index contributed by atoms with van der Waals surface area (Å²) in [5.74, 6) is 0. The van der Waals surface area contributed by atoms with Gasteiger partial charge in [0.1, 0.15) is 5.41 Å². The number of rotatable bonds is 6. The van der Waals surface area contributed by atoms with Gasteiger partial charge < -0.3 is 0 Å². The van der Waals surface area contributed by atoms with E-state index in [-0.39, 0.29) is 16.7 Å². The van der Waals surface area contributed by atoms with Gasteiger partial charge in [-0.1, -0.05) is 97.1 Å². The van der Waals surface area contributed by atoms with Crippen molar-refractivity contribution in [3.05, 3.63) is 119 Å². The Balaban J connectivity index is 1.26. The Bertz CT molecular complexity index is 1640. The van der Waals surface area contributed by atoms with Gasteiger partial charge in [-0.15, -0.1) is 10.2 Å². The fraction of sp³-hybridized carbons (Fsp3) is 0.226. The second-order valence-corrected chi connectivity index (χ2v) is 10.5. The summed E-state index contributed by atoms with van der Waals surface area (Å²) in [6.07, 6.45) is -9.24. The molecular weight excluding hydrogens is 542 g/mol. The van der Waals surface area contributed by atoms with E-state index in [4.69, 9.17) is 0 Å². The highest BCUT2D eigenvalue weighted by molar-refractivity contribution is 5.66. The highest BCUT2D eigenvalue weighted by Gasteiger charge is 2.65. The van der Waals surface area contributed by atoms with Crippen molar-refractivity contribution < 1.29 is 26.3 Å². The molecule has 0 amide bonds. The SMILES string of the molecule is CC1(c2ccc(-c3ccc(C(C)(c4ccc(-c5ccc(C6(C(F)(F)F)N=N6)cc5)cc4)C(F)(F)F)cc3)cc2)N=N1. The molecule has 1 atom stereocenters. The van der Waals surface area contributed by atoms with Gasteiger partial charge in [-0.3, -0.25) is 0 Å². The van der Waals surface area contributed by atoms with Crippen LogP contribution in [0.5, 0.6) is 0 Å². The Hall–Kier alpha value is -4.34. The van der Waals surface area contributed by atoms with E-state index in [1.54, 1.807) is 12.1 Å². The van der Waals surface area contributed by atoms with Gasteiger partial charge in [0.25, 0.3) is 0 Å². The van der Waals surface area contributed by atoms with E-state index in [2.05, 4.69) is 20.5 Å². The van der Waals surface area contributed by atoms with Crippen molar-refractivity contribution in [1.82, 2.24) is 0 Å². The summed E-state index contributed by atoms with van der Waals surface area (Å²) >= 11 is 0. The van der Waals surface area contributed by atoms with Gasteiger partial charge >= 0.3 is 18.0 Å². The van der Waals surface area contributed by atoms with Gasteiger partial charge in [-0.2, -0.15) is 36.6 Å². The first-order chi connectivity index (χ1) is 19.3. The first-order valence-corrected chi connectivity index (χ1v) is 12.7. The average Bonchev–Trinajstić information content (AvgIpc) is 3.89. The van der Waals surface area contributed by atoms with Crippen LogP contribution < -0.4 is 0 Å². The average molecular weight is 565 g/mol. The van der Waals surface area contributed by atoms with Crippen molar-refractivity contribution in [2.75, 3.05) is 0 Å². The number of alkyl halides is 6. The molecule has 6 rings (SSSR count). The zero-order valence-electron chi connectivity index (χ0n) is 21.8. The Morgan fingerprint density at radius 2 is 0.829 bits per heavy atom. The van der Waals surface area contributed by atoms with E-state index in [1.807, 2.05) is 31.2 Å². The molecule has 0 saturated carbocycles. The highest BCUT2D eigenvalue weighted by atomic mass is 19.4. The zero-order valence-corrected chi connectivity index (χ0v) is 21.8. The lowest BCUT2D eigenvalue weighted by Crippen LogP contribution is -2.40. The van der Waals surface area contributed by atoms with Gasteiger partial charge in [0.2, 0.25) is 5.66 Å². The lowest BCUT2D eigenvalue weighted by molar-refractivity contribution is -0.173. The third kappa shape index (κ3) is 4.42. The lowest BCUT2D eigenvalue weighted by Gasteiger charge is -2.33. The monoisotopic (exact) mass is 564 g/mol. The summed E-state index contributed by atoms with van der Waals surface area (Å²) in [5, 5.41) is 14.4. The minimum absolute atomic E-state index is 0.0410. The molecule has 0 bridgehead atoms. The highest BCUT2D eigenvalue weighted by Crippen LogP contribution is 2.52. The normalized spacial score (nSPS) is 18.1. The van der Waals surface area contributed by atoms with Crippen LogP contribution in [-0.4, -0.2) is 12.4 Å². The van der Waals surface area contributed by atoms with Crippen molar-refractivity contribution in [3.8, 4) is 22.3 Å². The molecule has 2 aliphatic rings. The summed E-state index contributed by atoms with van der Waals surface area (Å²) in [7, 11) is 0. The second-order valence-electron chi connectivity index (χ2n) is 10.5. The molecule has 0 N–H and O–H groups in total. The Kier molecular flexibility index (Phi) is 5.78. The van der Waals surface area contributed by atoms with Crippen LogP contribution in [0, 0.1) is 0 Å². The Morgan fingerprint density at radius 3 is 1.12 bits per heavy atom. The van der Waals surface area contributed by atoms with Crippen LogP contribution in [-0.2, 0) is 16.7 Å². The van der Waals surface area contributed by atoms with Crippen molar-refractivity contribution in [2.24, 2.45) is 20.5 Å². The lowest BCUT2D eigenvalue weighted by atomic mass is 9.75. The van der Waals surface area contributed by atoms with E-state index < -0.39 is 29.1 Å². The quantitative estimate of drug-likeness (QED) is 0.209. The van der Waals surface area contributed by atoms with Crippen LogP contribution in [0.2, 0.25) is 0 Å². The standard InChI is InChI=1S/C31H22F6N4/c1-27(30(32,33)34,23-11-3-19(4-12-23)21-7-15-25(16-8-21)28(2)38-39-28)24-13-5-20(6-14-24)22-9-17-26(18-10-22)29(40-41-29)31(35,36)37/h3-18H,1-2H3. The first kappa shape index (κ1) is 26.9. The summed E-state index contributed by atoms with van der Waals surface area (Å²) < 4.78 is 83.7. The van der Waals surface area contributed by atoms with E-state index in [1.165, 1.54) is 60.7 Å². The summed E-state index contributed by atoms with van der Waals surface area (Å²) in [6, 6.07) is 25.3. The van der Waals surface area contributed by atoms with Crippen molar-refractivity contribution in [1.29, 1.82) is 0 Å². The molecule has 0 aliphatic carbocycles. The van der Waals surface area contributed by atoms with E-state index in [9.17, 15) is 26.3 Å². The predicted octanol–water partition coefficient (Wildman–Crippen LogP) is 9.71. The predicted molar refractivity (Wildman–Crippen MR) is 141 cm³/mol. The van der Waals surface area contributed by atoms with E-state index in [0.717, 1.165) is 23.6 Å². The molecule has 10 heteroatoms. The fourth-order valence-electron chi connectivity index (χ4n) is 4.99. The molecule has 208 valence electrons. The smallest absolute Gasteiger partial charge is 0.170 e. The number of halogens is 6. The van der Waals surface area contributed by atoms with Gasteiger partial charge in [0, 0.05) is 11.1 Å². The molecule has 0 radical (unpaired) electrons. The zero-order chi connectivity index (χ0) is 29.3. The van der Waals surface area contributed by atoms with Crippen LogP contribution in [0.25, 0.3) is 22.3 Å². The topological polar surface area (TPSA) is 49.4 Å². The maximum atomic E-state index is 14.6. The molecule has 0 saturated heterocycles. The van der Waals surface area contributed by atoms with Gasteiger partial charge in [-0.25, -0.2) is 0 Å². The van der Waals surface area contributed by atoms with Crippen LogP contribution in [0.3, 0.4) is 0 Å². The first-order valence-electron chi connectivity index (χ1n) is 12.7. The molecule has 0 spiro atoms. The Labute approximate surface area is 231 Å². The molecule has 1 unspecified atom stereocenters. The van der Waals surface area contributed by atoms with E-state index in [0.29, 0.717) is 11.1 Å². The molecule has 0 fully saturated rings. The van der Waals surface area contributed by atoms with Crippen molar-refractivity contribution >= 4 is 0 Å². The molecule has 2 aliphatic heterocycles. The van der Waals surface area contributed by atoms with Crippen LogP contribution in [0.1, 0.15) is 36.1 Å². The van der Waals surface area contributed by atoms with Crippen molar-refractivity contribution in [3.63, 3.8) is 0 Å². The molecule has 4 aromatic carbocycles. The van der Waals surface area contributed by atoms with Crippen LogP contribution in [0.4, 0.5) is 26.3 Å². The van der Waals surface area contributed by atoms with Crippen LogP contribution in [0.15, 0.2) is 118 Å². The van der Waals surface area contributed by atoms with Gasteiger partial charge in [0.05, 0.1) is 0 Å². The minimum atomic E-state index is -4.64.